The van der Waals surface area contributed by atoms with Gasteiger partial charge in [0.25, 0.3) is 0 Å². The third-order valence-electron chi connectivity index (χ3n) is 3.94. The van der Waals surface area contributed by atoms with Crippen molar-refractivity contribution in [1.29, 1.82) is 0 Å². The van der Waals surface area contributed by atoms with Gasteiger partial charge in [-0.25, -0.2) is 8.42 Å². The summed E-state index contributed by atoms with van der Waals surface area (Å²) < 4.78 is 24.6. The standard InChI is InChI=1S/C11H21NO2S/c12-10-7-3-4-8-11(10)15(13,14)9-5-1-2-6-9/h9-11H,1-8,12H2. The van der Waals surface area contributed by atoms with Crippen molar-refractivity contribution < 1.29 is 8.42 Å². The first-order valence-electron chi connectivity index (χ1n) is 6.10. The van der Waals surface area contributed by atoms with Gasteiger partial charge < -0.3 is 5.73 Å². The van der Waals surface area contributed by atoms with Gasteiger partial charge in [-0.05, 0) is 25.7 Å². The van der Waals surface area contributed by atoms with Gasteiger partial charge in [0.15, 0.2) is 9.84 Å². The predicted octanol–water partition coefficient (Wildman–Crippen LogP) is 1.61. The molecule has 2 N–H and O–H groups in total. The molecule has 2 fully saturated rings. The lowest BCUT2D eigenvalue weighted by Gasteiger charge is -2.30. The number of nitrogens with two attached hydrogens (primary N) is 1. The molecule has 2 rings (SSSR count). The van der Waals surface area contributed by atoms with Crippen LogP contribution in [0.3, 0.4) is 0 Å². The zero-order chi connectivity index (χ0) is 10.9. The molecule has 0 spiro atoms. The summed E-state index contributed by atoms with van der Waals surface area (Å²) in [5.41, 5.74) is 5.95. The maximum atomic E-state index is 12.3. The Morgan fingerprint density at radius 3 is 2.00 bits per heavy atom. The van der Waals surface area contributed by atoms with Crippen molar-refractivity contribution in [2.24, 2.45) is 5.73 Å². The van der Waals surface area contributed by atoms with Crippen LogP contribution in [0.15, 0.2) is 0 Å². The van der Waals surface area contributed by atoms with E-state index in [0.717, 1.165) is 51.4 Å². The van der Waals surface area contributed by atoms with Crippen LogP contribution in [0.2, 0.25) is 0 Å². The van der Waals surface area contributed by atoms with Crippen molar-refractivity contribution >= 4 is 9.84 Å². The monoisotopic (exact) mass is 231 g/mol. The topological polar surface area (TPSA) is 60.2 Å². The highest BCUT2D eigenvalue weighted by Gasteiger charge is 2.39. The van der Waals surface area contributed by atoms with Crippen LogP contribution in [0.5, 0.6) is 0 Å². The van der Waals surface area contributed by atoms with Crippen molar-refractivity contribution in [1.82, 2.24) is 0 Å². The minimum Gasteiger partial charge on any atom is -0.327 e. The van der Waals surface area contributed by atoms with E-state index in [9.17, 15) is 8.42 Å². The van der Waals surface area contributed by atoms with Crippen LogP contribution in [0.25, 0.3) is 0 Å². The van der Waals surface area contributed by atoms with Crippen molar-refractivity contribution in [2.75, 3.05) is 0 Å². The van der Waals surface area contributed by atoms with Gasteiger partial charge in [0.05, 0.1) is 10.5 Å². The van der Waals surface area contributed by atoms with Gasteiger partial charge in [0, 0.05) is 6.04 Å². The third-order valence-corrected chi connectivity index (χ3v) is 6.77. The van der Waals surface area contributed by atoms with Gasteiger partial charge in [-0.3, -0.25) is 0 Å². The van der Waals surface area contributed by atoms with E-state index in [1.54, 1.807) is 0 Å². The Bertz CT molecular complexity index is 307. The van der Waals surface area contributed by atoms with E-state index in [4.69, 9.17) is 5.73 Å². The van der Waals surface area contributed by atoms with E-state index < -0.39 is 9.84 Å². The molecule has 0 radical (unpaired) electrons. The molecule has 0 aromatic rings. The van der Waals surface area contributed by atoms with Crippen LogP contribution >= 0.6 is 0 Å². The molecular formula is C11H21NO2S. The molecule has 2 unspecified atom stereocenters. The minimum atomic E-state index is -2.94. The second kappa shape index (κ2) is 4.42. The van der Waals surface area contributed by atoms with Gasteiger partial charge in [0.1, 0.15) is 0 Å². The summed E-state index contributed by atoms with van der Waals surface area (Å²) in [6, 6.07) is -0.107. The SMILES string of the molecule is NC1CCCCC1S(=O)(=O)C1CCCC1. The van der Waals surface area contributed by atoms with Crippen molar-refractivity contribution in [3.63, 3.8) is 0 Å². The average molecular weight is 231 g/mol. The molecule has 2 atom stereocenters. The summed E-state index contributed by atoms with van der Waals surface area (Å²) in [4.78, 5) is 0. The zero-order valence-corrected chi connectivity index (χ0v) is 10.0. The van der Waals surface area contributed by atoms with Crippen molar-refractivity contribution in [3.8, 4) is 0 Å². The molecule has 2 aliphatic rings. The molecule has 0 aromatic carbocycles. The highest BCUT2D eigenvalue weighted by Crippen LogP contribution is 2.32. The van der Waals surface area contributed by atoms with Crippen LogP contribution in [-0.2, 0) is 9.84 Å². The summed E-state index contributed by atoms with van der Waals surface area (Å²) in [6.45, 7) is 0. The number of sulfone groups is 1. The molecule has 4 heteroatoms. The Hall–Kier alpha value is -0.0900. The Morgan fingerprint density at radius 2 is 1.40 bits per heavy atom. The average Bonchev–Trinajstić information content (AvgIpc) is 2.71. The molecule has 2 saturated carbocycles. The van der Waals surface area contributed by atoms with Crippen LogP contribution in [-0.4, -0.2) is 25.0 Å². The van der Waals surface area contributed by atoms with Crippen LogP contribution in [0.4, 0.5) is 0 Å². The second-order valence-electron chi connectivity index (χ2n) is 4.98. The summed E-state index contributed by atoms with van der Waals surface area (Å²) in [7, 11) is -2.94. The molecule has 3 nitrogen and oxygen atoms in total. The van der Waals surface area contributed by atoms with Crippen LogP contribution in [0, 0.1) is 0 Å². The summed E-state index contributed by atoms with van der Waals surface area (Å²) in [6.07, 6.45) is 7.69. The van der Waals surface area contributed by atoms with E-state index in [2.05, 4.69) is 0 Å². The van der Waals surface area contributed by atoms with E-state index >= 15 is 0 Å². The first-order valence-corrected chi connectivity index (χ1v) is 7.71. The normalized spacial score (nSPS) is 34.5. The van der Waals surface area contributed by atoms with E-state index in [1.807, 2.05) is 0 Å². The van der Waals surface area contributed by atoms with Crippen molar-refractivity contribution in [3.05, 3.63) is 0 Å². The van der Waals surface area contributed by atoms with Crippen LogP contribution < -0.4 is 5.73 Å². The molecule has 0 heterocycles. The van der Waals surface area contributed by atoms with Gasteiger partial charge in [0.2, 0.25) is 0 Å². The molecule has 0 aromatic heterocycles. The van der Waals surface area contributed by atoms with Gasteiger partial charge >= 0.3 is 0 Å². The lowest BCUT2D eigenvalue weighted by atomic mass is 9.96. The van der Waals surface area contributed by atoms with E-state index in [1.165, 1.54) is 0 Å². The number of hydrogen-bond donors (Lipinski definition) is 1. The fraction of sp³-hybridized carbons (Fsp3) is 1.00. The largest absolute Gasteiger partial charge is 0.327 e. The first-order chi connectivity index (χ1) is 7.12. The maximum absolute atomic E-state index is 12.3. The predicted molar refractivity (Wildman–Crippen MR) is 61.4 cm³/mol. The van der Waals surface area contributed by atoms with Gasteiger partial charge in [-0.2, -0.15) is 0 Å². The number of rotatable bonds is 2. The van der Waals surface area contributed by atoms with E-state index in [-0.39, 0.29) is 16.5 Å². The molecule has 0 saturated heterocycles. The Labute approximate surface area is 92.3 Å². The van der Waals surface area contributed by atoms with Crippen molar-refractivity contribution in [2.45, 2.75) is 67.9 Å². The smallest absolute Gasteiger partial charge is 0.157 e. The Balaban J connectivity index is 2.12. The molecule has 0 bridgehead atoms. The molecular weight excluding hydrogens is 210 g/mol. The summed E-state index contributed by atoms with van der Waals surface area (Å²) >= 11 is 0. The highest BCUT2D eigenvalue weighted by molar-refractivity contribution is 7.92. The molecule has 0 amide bonds. The molecule has 0 aliphatic heterocycles. The molecule has 15 heavy (non-hydrogen) atoms. The van der Waals surface area contributed by atoms with Gasteiger partial charge in [-0.15, -0.1) is 0 Å². The van der Waals surface area contributed by atoms with E-state index in [0.29, 0.717) is 0 Å². The minimum absolute atomic E-state index is 0.0772. The van der Waals surface area contributed by atoms with Crippen LogP contribution in [0.1, 0.15) is 51.4 Å². The lowest BCUT2D eigenvalue weighted by molar-refractivity contribution is 0.428. The van der Waals surface area contributed by atoms with Gasteiger partial charge in [-0.1, -0.05) is 25.7 Å². The first kappa shape index (κ1) is 11.4. The second-order valence-corrected chi connectivity index (χ2v) is 7.43. The fourth-order valence-electron chi connectivity index (χ4n) is 3.00. The summed E-state index contributed by atoms with van der Waals surface area (Å²) in [5.74, 6) is 0. The molecule has 2 aliphatic carbocycles. The lowest BCUT2D eigenvalue weighted by Crippen LogP contribution is -2.45. The quantitative estimate of drug-likeness (QED) is 0.785. The maximum Gasteiger partial charge on any atom is 0.157 e. The Morgan fingerprint density at radius 1 is 0.867 bits per heavy atom. The fourth-order valence-corrected chi connectivity index (χ4v) is 5.60. The zero-order valence-electron chi connectivity index (χ0n) is 9.19. The summed E-state index contributed by atoms with van der Waals surface area (Å²) in [5, 5.41) is -0.319. The Kier molecular flexibility index (Phi) is 3.36. The number of hydrogen-bond acceptors (Lipinski definition) is 3. The highest BCUT2D eigenvalue weighted by atomic mass is 32.2. The molecule has 88 valence electrons. The third kappa shape index (κ3) is 2.21.